The van der Waals surface area contributed by atoms with E-state index in [1.54, 1.807) is 6.07 Å². The van der Waals surface area contributed by atoms with Crippen molar-refractivity contribution >= 4 is 31.6 Å². The van der Waals surface area contributed by atoms with Crippen molar-refractivity contribution in [2.75, 3.05) is 12.4 Å². The number of primary sulfonamides is 1. The van der Waals surface area contributed by atoms with Crippen LogP contribution in [0.1, 0.15) is 5.56 Å². The second-order valence-electron chi connectivity index (χ2n) is 4.39. The van der Waals surface area contributed by atoms with Crippen molar-refractivity contribution in [3.8, 4) is 5.75 Å². The molecular weight excluding hydrogens is 356 g/mol. The van der Waals surface area contributed by atoms with Gasteiger partial charge in [0, 0.05) is 11.0 Å². The van der Waals surface area contributed by atoms with Crippen LogP contribution in [0.15, 0.2) is 51.8 Å². The maximum absolute atomic E-state index is 11.4. The van der Waals surface area contributed by atoms with Gasteiger partial charge in [0.2, 0.25) is 10.0 Å². The van der Waals surface area contributed by atoms with E-state index in [0.717, 1.165) is 10.0 Å². The Kier molecular flexibility index (Phi) is 4.87. The van der Waals surface area contributed by atoms with Gasteiger partial charge in [-0.2, -0.15) is 0 Å². The van der Waals surface area contributed by atoms with Gasteiger partial charge in [-0.1, -0.05) is 28.1 Å². The zero-order valence-electron chi connectivity index (χ0n) is 11.3. The molecule has 0 aliphatic rings. The van der Waals surface area contributed by atoms with Crippen molar-refractivity contribution in [1.82, 2.24) is 0 Å². The first kappa shape index (κ1) is 15.8. The SMILES string of the molecule is COc1ccc(S(N)(=O)=O)cc1NCc1cccc(Br)c1. The van der Waals surface area contributed by atoms with Gasteiger partial charge in [0.1, 0.15) is 5.75 Å². The normalized spacial score (nSPS) is 11.2. The van der Waals surface area contributed by atoms with E-state index in [2.05, 4.69) is 21.2 Å². The molecule has 112 valence electrons. The average Bonchev–Trinajstić information content (AvgIpc) is 2.44. The Hall–Kier alpha value is -1.57. The predicted molar refractivity (Wildman–Crippen MR) is 85.8 cm³/mol. The van der Waals surface area contributed by atoms with Crippen LogP contribution >= 0.6 is 15.9 Å². The number of rotatable bonds is 5. The van der Waals surface area contributed by atoms with Crippen LogP contribution in [0.25, 0.3) is 0 Å². The van der Waals surface area contributed by atoms with Gasteiger partial charge in [0.25, 0.3) is 0 Å². The van der Waals surface area contributed by atoms with Gasteiger partial charge in [0.05, 0.1) is 17.7 Å². The quantitative estimate of drug-likeness (QED) is 0.847. The summed E-state index contributed by atoms with van der Waals surface area (Å²) in [6, 6.07) is 12.3. The number of benzene rings is 2. The Bertz CT molecular complexity index is 748. The predicted octanol–water partition coefficient (Wildman–Crippen LogP) is 2.72. The van der Waals surface area contributed by atoms with Crippen molar-refractivity contribution in [2.24, 2.45) is 5.14 Å². The third-order valence-corrected chi connectivity index (χ3v) is 4.28. The van der Waals surface area contributed by atoms with Crippen LogP contribution in [0.3, 0.4) is 0 Å². The maximum atomic E-state index is 11.4. The smallest absolute Gasteiger partial charge is 0.238 e. The molecule has 21 heavy (non-hydrogen) atoms. The molecule has 7 heteroatoms. The third kappa shape index (κ3) is 4.20. The van der Waals surface area contributed by atoms with Gasteiger partial charge in [-0.05, 0) is 35.9 Å². The molecule has 0 atom stereocenters. The molecule has 0 bridgehead atoms. The molecule has 0 spiro atoms. The highest BCUT2D eigenvalue weighted by Crippen LogP contribution is 2.27. The summed E-state index contributed by atoms with van der Waals surface area (Å²) in [5.41, 5.74) is 1.62. The van der Waals surface area contributed by atoms with E-state index in [0.29, 0.717) is 18.0 Å². The first-order valence-electron chi connectivity index (χ1n) is 6.09. The lowest BCUT2D eigenvalue weighted by Crippen LogP contribution is -2.12. The summed E-state index contributed by atoms with van der Waals surface area (Å²) in [6.45, 7) is 0.532. The number of halogens is 1. The van der Waals surface area contributed by atoms with Crippen LogP contribution in [-0.2, 0) is 16.6 Å². The molecule has 2 aromatic rings. The lowest BCUT2D eigenvalue weighted by molar-refractivity contribution is 0.416. The van der Waals surface area contributed by atoms with E-state index in [9.17, 15) is 8.42 Å². The minimum Gasteiger partial charge on any atom is -0.495 e. The number of ether oxygens (including phenoxy) is 1. The summed E-state index contributed by atoms with van der Waals surface area (Å²) in [4.78, 5) is 0.0417. The molecule has 0 saturated heterocycles. The molecule has 3 N–H and O–H groups in total. The lowest BCUT2D eigenvalue weighted by Gasteiger charge is -2.12. The monoisotopic (exact) mass is 370 g/mol. The minimum atomic E-state index is -3.74. The molecule has 2 rings (SSSR count). The molecule has 0 saturated carbocycles. The Morgan fingerprint density at radius 2 is 2.00 bits per heavy atom. The zero-order chi connectivity index (χ0) is 15.5. The first-order valence-corrected chi connectivity index (χ1v) is 8.43. The molecule has 0 unspecified atom stereocenters. The highest BCUT2D eigenvalue weighted by molar-refractivity contribution is 9.10. The highest BCUT2D eigenvalue weighted by atomic mass is 79.9. The van der Waals surface area contributed by atoms with Gasteiger partial charge < -0.3 is 10.1 Å². The van der Waals surface area contributed by atoms with Crippen molar-refractivity contribution in [1.29, 1.82) is 0 Å². The third-order valence-electron chi connectivity index (χ3n) is 2.87. The molecule has 2 aromatic carbocycles. The average molecular weight is 371 g/mol. The van der Waals surface area contributed by atoms with Gasteiger partial charge in [0.15, 0.2) is 0 Å². The summed E-state index contributed by atoms with van der Waals surface area (Å²) >= 11 is 3.41. The van der Waals surface area contributed by atoms with Crippen LogP contribution < -0.4 is 15.2 Å². The molecule has 0 amide bonds. The van der Waals surface area contributed by atoms with E-state index in [-0.39, 0.29) is 4.90 Å². The summed E-state index contributed by atoms with van der Waals surface area (Å²) in [5, 5.41) is 8.30. The van der Waals surface area contributed by atoms with E-state index in [1.807, 2.05) is 24.3 Å². The van der Waals surface area contributed by atoms with Crippen molar-refractivity contribution in [3.05, 3.63) is 52.5 Å². The van der Waals surface area contributed by atoms with Crippen LogP contribution in [0.4, 0.5) is 5.69 Å². The number of hydrogen-bond donors (Lipinski definition) is 2. The molecule has 0 aliphatic carbocycles. The topological polar surface area (TPSA) is 81.4 Å². The number of anilines is 1. The Balaban J connectivity index is 2.25. The molecule has 0 aliphatic heterocycles. The fourth-order valence-corrected chi connectivity index (χ4v) is 2.83. The maximum Gasteiger partial charge on any atom is 0.238 e. The van der Waals surface area contributed by atoms with E-state index < -0.39 is 10.0 Å². The van der Waals surface area contributed by atoms with Crippen molar-refractivity contribution in [3.63, 3.8) is 0 Å². The summed E-state index contributed by atoms with van der Waals surface area (Å²) in [5.74, 6) is 0.553. The number of sulfonamides is 1. The van der Waals surface area contributed by atoms with E-state index in [1.165, 1.54) is 19.2 Å². The summed E-state index contributed by atoms with van der Waals surface area (Å²) in [6.07, 6.45) is 0. The Morgan fingerprint density at radius 1 is 1.24 bits per heavy atom. The van der Waals surface area contributed by atoms with E-state index in [4.69, 9.17) is 9.88 Å². The molecule has 0 fully saturated rings. The van der Waals surface area contributed by atoms with Gasteiger partial charge in [-0.3, -0.25) is 0 Å². The van der Waals surface area contributed by atoms with Crippen molar-refractivity contribution < 1.29 is 13.2 Å². The van der Waals surface area contributed by atoms with Crippen LogP contribution in [0, 0.1) is 0 Å². The standard InChI is InChI=1S/C14H15BrN2O3S/c1-20-14-6-5-12(21(16,18)19)8-13(14)17-9-10-3-2-4-11(15)7-10/h2-8,17H,9H2,1H3,(H2,16,18,19). The molecular formula is C14H15BrN2O3S. The van der Waals surface area contributed by atoms with E-state index >= 15 is 0 Å². The Labute approximate surface area is 132 Å². The fraction of sp³-hybridized carbons (Fsp3) is 0.143. The fourth-order valence-electron chi connectivity index (χ4n) is 1.85. The number of nitrogens with two attached hydrogens (primary N) is 1. The molecule has 0 heterocycles. The highest BCUT2D eigenvalue weighted by Gasteiger charge is 2.11. The second-order valence-corrected chi connectivity index (χ2v) is 6.87. The van der Waals surface area contributed by atoms with Crippen LogP contribution in [0.5, 0.6) is 5.75 Å². The Morgan fingerprint density at radius 3 is 2.62 bits per heavy atom. The van der Waals surface area contributed by atoms with Gasteiger partial charge >= 0.3 is 0 Å². The van der Waals surface area contributed by atoms with Crippen LogP contribution in [-0.4, -0.2) is 15.5 Å². The van der Waals surface area contributed by atoms with Gasteiger partial charge in [-0.25, -0.2) is 13.6 Å². The van der Waals surface area contributed by atoms with Gasteiger partial charge in [-0.15, -0.1) is 0 Å². The number of hydrogen-bond acceptors (Lipinski definition) is 4. The molecule has 0 radical (unpaired) electrons. The minimum absolute atomic E-state index is 0.0417. The largest absolute Gasteiger partial charge is 0.495 e. The summed E-state index contributed by atoms with van der Waals surface area (Å²) < 4.78 is 29.0. The van der Waals surface area contributed by atoms with Crippen LogP contribution in [0.2, 0.25) is 0 Å². The molecule has 5 nitrogen and oxygen atoms in total. The number of nitrogens with one attached hydrogen (secondary N) is 1. The number of methoxy groups -OCH3 is 1. The first-order chi connectivity index (χ1) is 9.90. The zero-order valence-corrected chi connectivity index (χ0v) is 13.7. The lowest BCUT2D eigenvalue weighted by atomic mass is 10.2. The van der Waals surface area contributed by atoms with Crippen molar-refractivity contribution in [2.45, 2.75) is 11.4 Å². The molecule has 0 aromatic heterocycles. The second kappa shape index (κ2) is 6.46. The summed E-state index contributed by atoms with van der Waals surface area (Å²) in [7, 11) is -2.22.